The van der Waals surface area contributed by atoms with Crippen molar-refractivity contribution in [3.05, 3.63) is 46.9 Å². The molecule has 1 aliphatic heterocycles. The Kier molecular flexibility index (Phi) is 5.80. The van der Waals surface area contributed by atoms with E-state index in [1.54, 1.807) is 31.2 Å². The number of benzene rings is 1. The minimum atomic E-state index is -0.601. The summed E-state index contributed by atoms with van der Waals surface area (Å²) in [5.74, 6) is -0.257. The van der Waals surface area contributed by atoms with Crippen molar-refractivity contribution in [2.75, 3.05) is 18.4 Å². The van der Waals surface area contributed by atoms with Crippen LogP contribution in [0.25, 0.3) is 0 Å². The molecule has 0 atom stereocenters. The average Bonchev–Trinajstić information content (AvgIpc) is 2.65. The number of halogens is 1. The molecule has 2 aromatic rings. The molecule has 3 N–H and O–H groups in total. The second-order valence-electron chi connectivity index (χ2n) is 6.11. The molecule has 0 aliphatic carbocycles. The lowest BCUT2D eigenvalue weighted by atomic mass is 10.0. The molecular weight excluding hydrogens is 354 g/mol. The fourth-order valence-electron chi connectivity index (χ4n) is 2.80. The largest absolute Gasteiger partial charge is 0.346 e. The molecule has 0 spiro atoms. The van der Waals surface area contributed by atoms with Gasteiger partial charge in [-0.1, -0.05) is 23.7 Å². The van der Waals surface area contributed by atoms with Crippen molar-refractivity contribution in [3.8, 4) is 0 Å². The van der Waals surface area contributed by atoms with Crippen molar-refractivity contribution >= 4 is 34.8 Å². The lowest BCUT2D eigenvalue weighted by Gasteiger charge is -2.23. The van der Waals surface area contributed by atoms with Gasteiger partial charge < -0.3 is 16.0 Å². The lowest BCUT2D eigenvalue weighted by Crippen LogP contribution is -2.45. The van der Waals surface area contributed by atoms with Gasteiger partial charge in [-0.25, -0.2) is 9.97 Å². The summed E-state index contributed by atoms with van der Waals surface area (Å²) >= 11 is 6.11. The van der Waals surface area contributed by atoms with E-state index in [0.29, 0.717) is 22.4 Å². The second-order valence-corrected chi connectivity index (χ2v) is 6.52. The number of piperidine rings is 1. The van der Waals surface area contributed by atoms with Crippen LogP contribution in [0.5, 0.6) is 0 Å². The Bertz CT molecular complexity index is 821. The number of carbonyl (C=O) groups is 2. The quantitative estimate of drug-likeness (QED) is 0.549. The SMILES string of the molecule is Cc1ncc(Cl)c(Nc2ccccc2C(=O)C(=O)NC2CCNCC2)n1. The van der Waals surface area contributed by atoms with Crippen LogP contribution in [0.2, 0.25) is 5.02 Å². The fraction of sp³-hybridized carbons (Fsp3) is 0.333. The van der Waals surface area contributed by atoms with Crippen molar-refractivity contribution in [3.63, 3.8) is 0 Å². The van der Waals surface area contributed by atoms with Gasteiger partial charge in [0.2, 0.25) is 0 Å². The predicted octanol–water partition coefficient (Wildman–Crippen LogP) is 2.23. The van der Waals surface area contributed by atoms with E-state index in [1.165, 1.54) is 6.20 Å². The topological polar surface area (TPSA) is 96.0 Å². The van der Waals surface area contributed by atoms with E-state index >= 15 is 0 Å². The molecule has 1 amide bonds. The van der Waals surface area contributed by atoms with Gasteiger partial charge in [-0.15, -0.1) is 0 Å². The summed E-state index contributed by atoms with van der Waals surface area (Å²) in [6.07, 6.45) is 3.12. The van der Waals surface area contributed by atoms with Gasteiger partial charge in [0.15, 0.2) is 5.82 Å². The van der Waals surface area contributed by atoms with Crippen LogP contribution in [0.3, 0.4) is 0 Å². The van der Waals surface area contributed by atoms with Crippen LogP contribution >= 0.6 is 11.6 Å². The van der Waals surface area contributed by atoms with E-state index in [1.807, 2.05) is 0 Å². The van der Waals surface area contributed by atoms with E-state index in [4.69, 9.17) is 11.6 Å². The third-order valence-corrected chi connectivity index (χ3v) is 4.45. The van der Waals surface area contributed by atoms with Gasteiger partial charge in [0, 0.05) is 6.04 Å². The van der Waals surface area contributed by atoms with E-state index in [2.05, 4.69) is 25.9 Å². The molecule has 1 aromatic heterocycles. The van der Waals surface area contributed by atoms with Gasteiger partial charge in [0.25, 0.3) is 11.7 Å². The number of ketones is 1. The minimum Gasteiger partial charge on any atom is -0.346 e. The Hall–Kier alpha value is -2.51. The van der Waals surface area contributed by atoms with E-state index in [9.17, 15) is 9.59 Å². The molecule has 1 aliphatic rings. The van der Waals surface area contributed by atoms with Gasteiger partial charge in [0.1, 0.15) is 10.8 Å². The molecule has 8 heteroatoms. The van der Waals surface area contributed by atoms with Crippen LogP contribution in [-0.2, 0) is 4.79 Å². The first-order chi connectivity index (χ1) is 12.5. The number of anilines is 2. The lowest BCUT2D eigenvalue weighted by molar-refractivity contribution is -0.117. The number of rotatable bonds is 5. The maximum absolute atomic E-state index is 12.6. The zero-order valence-electron chi connectivity index (χ0n) is 14.4. The summed E-state index contributed by atoms with van der Waals surface area (Å²) in [5.41, 5.74) is 0.740. The number of hydrogen-bond donors (Lipinski definition) is 3. The minimum absolute atomic E-state index is 0.0202. The molecular formula is C18H20ClN5O2. The zero-order valence-corrected chi connectivity index (χ0v) is 15.1. The Balaban J connectivity index is 1.78. The summed E-state index contributed by atoms with van der Waals surface area (Å²) in [5, 5.41) is 9.40. The molecule has 1 aromatic carbocycles. The molecule has 7 nitrogen and oxygen atoms in total. The molecule has 2 heterocycles. The Morgan fingerprint density at radius 2 is 1.96 bits per heavy atom. The number of Topliss-reactive ketones (excluding diaryl/α,β-unsaturated/α-hetero) is 1. The molecule has 3 rings (SSSR count). The highest BCUT2D eigenvalue weighted by atomic mass is 35.5. The van der Waals surface area contributed by atoms with Crippen LogP contribution in [0.4, 0.5) is 11.5 Å². The predicted molar refractivity (Wildman–Crippen MR) is 99.9 cm³/mol. The maximum Gasteiger partial charge on any atom is 0.292 e. The molecule has 1 fully saturated rings. The number of hydrogen-bond acceptors (Lipinski definition) is 6. The molecule has 0 radical (unpaired) electrons. The van der Waals surface area contributed by atoms with Crippen molar-refractivity contribution in [2.24, 2.45) is 0 Å². The van der Waals surface area contributed by atoms with Gasteiger partial charge >= 0.3 is 0 Å². The first kappa shape index (κ1) is 18.3. The number of amides is 1. The summed E-state index contributed by atoms with van der Waals surface area (Å²) < 4.78 is 0. The van der Waals surface area contributed by atoms with Gasteiger partial charge in [0.05, 0.1) is 17.4 Å². The molecule has 0 bridgehead atoms. The number of nitrogens with one attached hydrogen (secondary N) is 3. The number of carbonyl (C=O) groups excluding carboxylic acids is 2. The van der Waals surface area contributed by atoms with Gasteiger partial charge in [-0.05, 0) is 45.0 Å². The Morgan fingerprint density at radius 1 is 1.23 bits per heavy atom. The Morgan fingerprint density at radius 3 is 2.73 bits per heavy atom. The first-order valence-corrected chi connectivity index (χ1v) is 8.83. The maximum atomic E-state index is 12.6. The van der Waals surface area contributed by atoms with Crippen molar-refractivity contribution < 1.29 is 9.59 Å². The summed E-state index contributed by atoms with van der Waals surface area (Å²) in [4.78, 5) is 33.3. The highest BCUT2D eigenvalue weighted by molar-refractivity contribution is 6.44. The first-order valence-electron chi connectivity index (χ1n) is 8.45. The molecule has 0 saturated carbocycles. The number of aryl methyl sites for hydroxylation is 1. The van der Waals surface area contributed by atoms with E-state index < -0.39 is 11.7 Å². The Labute approximate surface area is 156 Å². The normalized spacial score (nSPS) is 14.7. The highest BCUT2D eigenvalue weighted by Crippen LogP contribution is 2.25. The standard InChI is InChI=1S/C18H20ClN5O2/c1-11-21-10-14(19)17(22-11)24-15-5-3-2-4-13(15)16(25)18(26)23-12-6-8-20-9-7-12/h2-5,10,12,20H,6-9H2,1H3,(H,23,26)(H,21,22,24). The van der Waals surface area contributed by atoms with Crippen LogP contribution in [0.15, 0.2) is 30.5 Å². The zero-order chi connectivity index (χ0) is 18.5. The molecule has 1 saturated heterocycles. The number of nitrogens with zero attached hydrogens (tertiary/aromatic N) is 2. The van der Waals surface area contributed by atoms with Crippen molar-refractivity contribution in [2.45, 2.75) is 25.8 Å². The molecule has 136 valence electrons. The average molecular weight is 374 g/mol. The third kappa shape index (κ3) is 4.36. The van der Waals surface area contributed by atoms with Crippen molar-refractivity contribution in [1.82, 2.24) is 20.6 Å². The van der Waals surface area contributed by atoms with Crippen LogP contribution < -0.4 is 16.0 Å². The third-order valence-electron chi connectivity index (χ3n) is 4.17. The molecule has 0 unspecified atom stereocenters. The molecule has 26 heavy (non-hydrogen) atoms. The van der Waals surface area contributed by atoms with E-state index in [-0.39, 0.29) is 11.6 Å². The summed E-state index contributed by atoms with van der Waals surface area (Å²) in [6.45, 7) is 3.41. The van der Waals surface area contributed by atoms with Crippen LogP contribution in [0.1, 0.15) is 29.0 Å². The van der Waals surface area contributed by atoms with Crippen LogP contribution in [-0.4, -0.2) is 40.8 Å². The summed E-state index contributed by atoms with van der Waals surface area (Å²) in [6, 6.07) is 6.81. The highest BCUT2D eigenvalue weighted by Gasteiger charge is 2.23. The number of aromatic nitrogens is 2. The van der Waals surface area contributed by atoms with Crippen molar-refractivity contribution in [1.29, 1.82) is 0 Å². The van der Waals surface area contributed by atoms with Crippen LogP contribution in [0, 0.1) is 6.92 Å². The smallest absolute Gasteiger partial charge is 0.292 e. The van der Waals surface area contributed by atoms with E-state index in [0.717, 1.165) is 25.9 Å². The van der Waals surface area contributed by atoms with Gasteiger partial charge in [-0.2, -0.15) is 0 Å². The monoisotopic (exact) mass is 373 g/mol. The second kappa shape index (κ2) is 8.25. The number of para-hydroxylation sites is 1. The summed E-state index contributed by atoms with van der Waals surface area (Å²) in [7, 11) is 0. The fourth-order valence-corrected chi connectivity index (χ4v) is 2.94. The van der Waals surface area contributed by atoms with Gasteiger partial charge in [-0.3, -0.25) is 9.59 Å².